The summed E-state index contributed by atoms with van der Waals surface area (Å²) in [4.78, 5) is 24.2. The molecule has 1 amide bonds. The summed E-state index contributed by atoms with van der Waals surface area (Å²) >= 11 is 0. The number of rotatable bonds is 5. The average Bonchev–Trinajstić information content (AvgIpc) is 2.57. The van der Waals surface area contributed by atoms with Gasteiger partial charge in [-0.25, -0.2) is 8.42 Å². The molecule has 1 rings (SSSR count). The summed E-state index contributed by atoms with van der Waals surface area (Å²) in [6.07, 6.45) is 0.223. The number of amides is 1. The Morgan fingerprint density at radius 3 is 2.39 bits per heavy atom. The van der Waals surface area contributed by atoms with Gasteiger partial charge in [-0.05, 0) is 20.3 Å². The first-order chi connectivity index (χ1) is 8.23. The van der Waals surface area contributed by atoms with Crippen molar-refractivity contribution in [3.05, 3.63) is 0 Å². The Balaban J connectivity index is 2.69. The first-order valence-corrected chi connectivity index (χ1v) is 7.78. The number of hydrogen-bond donors (Lipinski definition) is 1. The van der Waals surface area contributed by atoms with Gasteiger partial charge < -0.3 is 10.0 Å². The van der Waals surface area contributed by atoms with Crippen molar-refractivity contribution in [3.8, 4) is 0 Å². The van der Waals surface area contributed by atoms with Crippen molar-refractivity contribution >= 4 is 21.7 Å². The number of carboxylic acids is 1. The van der Waals surface area contributed by atoms with Crippen molar-refractivity contribution in [1.82, 2.24) is 4.90 Å². The lowest BCUT2D eigenvalue weighted by Gasteiger charge is -2.28. The third-order valence-electron chi connectivity index (χ3n) is 3.05. The highest BCUT2D eigenvalue weighted by Crippen LogP contribution is 2.21. The van der Waals surface area contributed by atoms with Crippen molar-refractivity contribution in [1.29, 1.82) is 0 Å². The van der Waals surface area contributed by atoms with Crippen LogP contribution in [0.5, 0.6) is 0 Å². The van der Waals surface area contributed by atoms with Crippen LogP contribution in [0.15, 0.2) is 0 Å². The fourth-order valence-electron chi connectivity index (χ4n) is 2.06. The van der Waals surface area contributed by atoms with Gasteiger partial charge in [0.05, 0.1) is 23.8 Å². The van der Waals surface area contributed by atoms with Gasteiger partial charge in [-0.3, -0.25) is 9.59 Å². The molecule has 0 aliphatic carbocycles. The maximum atomic E-state index is 12.2. The fraction of sp³-hybridized carbons (Fsp3) is 0.818. The van der Waals surface area contributed by atoms with E-state index in [4.69, 9.17) is 5.11 Å². The molecule has 0 spiro atoms. The van der Waals surface area contributed by atoms with Gasteiger partial charge >= 0.3 is 5.97 Å². The van der Waals surface area contributed by atoms with Gasteiger partial charge in [0, 0.05) is 12.6 Å². The van der Waals surface area contributed by atoms with Crippen molar-refractivity contribution < 1.29 is 23.1 Å². The number of carbonyl (C=O) groups is 2. The zero-order valence-electron chi connectivity index (χ0n) is 10.6. The van der Waals surface area contributed by atoms with Gasteiger partial charge in [0.2, 0.25) is 5.91 Å². The number of carbonyl (C=O) groups excluding carboxylic acids is 1. The Hall–Kier alpha value is -1.11. The van der Waals surface area contributed by atoms with E-state index in [1.165, 1.54) is 4.90 Å². The number of hydrogen-bond acceptors (Lipinski definition) is 4. The summed E-state index contributed by atoms with van der Waals surface area (Å²) in [5.74, 6) is -1.78. The largest absolute Gasteiger partial charge is 0.481 e. The summed E-state index contributed by atoms with van der Waals surface area (Å²) in [5.41, 5.74) is 0. The lowest BCUT2D eigenvalue weighted by molar-refractivity contribution is -0.140. The molecule has 0 aromatic rings. The first-order valence-electron chi connectivity index (χ1n) is 5.95. The molecule has 0 saturated carbocycles. The van der Waals surface area contributed by atoms with E-state index in [0.29, 0.717) is 6.42 Å². The van der Waals surface area contributed by atoms with Gasteiger partial charge in [0.1, 0.15) is 0 Å². The Morgan fingerprint density at radius 1 is 1.39 bits per heavy atom. The van der Waals surface area contributed by atoms with E-state index in [1.54, 1.807) is 13.8 Å². The fourth-order valence-corrected chi connectivity index (χ4v) is 3.80. The minimum absolute atomic E-state index is 0.0499. The predicted molar refractivity (Wildman–Crippen MR) is 65.9 cm³/mol. The molecule has 0 aromatic heterocycles. The molecule has 1 heterocycles. The maximum Gasteiger partial charge on any atom is 0.305 e. The van der Waals surface area contributed by atoms with Crippen LogP contribution in [0.4, 0.5) is 0 Å². The number of aliphatic carboxylic acids is 1. The first kappa shape index (κ1) is 14.9. The third kappa shape index (κ3) is 3.97. The number of carboxylic acid groups (broad SMARTS) is 1. The van der Waals surface area contributed by atoms with Crippen LogP contribution in [0, 0.1) is 5.92 Å². The molecule has 7 heteroatoms. The zero-order chi connectivity index (χ0) is 13.9. The molecule has 1 N–H and O–H groups in total. The van der Waals surface area contributed by atoms with Crippen molar-refractivity contribution in [3.63, 3.8) is 0 Å². The van der Waals surface area contributed by atoms with E-state index in [0.717, 1.165) is 0 Å². The Labute approximate surface area is 107 Å². The lowest BCUT2D eigenvalue weighted by atomic mass is 10.1. The second-order valence-corrected chi connectivity index (χ2v) is 7.10. The predicted octanol–water partition coefficient (Wildman–Crippen LogP) is 0.133. The molecule has 1 aliphatic heterocycles. The minimum Gasteiger partial charge on any atom is -0.481 e. The molecule has 104 valence electrons. The van der Waals surface area contributed by atoms with E-state index in [-0.39, 0.29) is 36.4 Å². The van der Waals surface area contributed by atoms with Crippen LogP contribution in [0.25, 0.3) is 0 Å². The van der Waals surface area contributed by atoms with Crippen LogP contribution in [0.3, 0.4) is 0 Å². The Morgan fingerprint density at radius 2 is 2.00 bits per heavy atom. The highest BCUT2D eigenvalue weighted by molar-refractivity contribution is 7.91. The van der Waals surface area contributed by atoms with Crippen molar-refractivity contribution in [2.75, 3.05) is 18.1 Å². The van der Waals surface area contributed by atoms with Crippen LogP contribution in [0.2, 0.25) is 0 Å². The monoisotopic (exact) mass is 277 g/mol. The SMILES string of the molecule is CC(C)N(CCC(=O)O)C(=O)C1CCS(=O)(=O)C1. The van der Waals surface area contributed by atoms with E-state index < -0.39 is 21.7 Å². The van der Waals surface area contributed by atoms with E-state index >= 15 is 0 Å². The smallest absolute Gasteiger partial charge is 0.305 e. The molecule has 1 unspecified atom stereocenters. The molecule has 0 aromatic carbocycles. The van der Waals surface area contributed by atoms with Crippen LogP contribution in [0.1, 0.15) is 26.7 Å². The van der Waals surface area contributed by atoms with Crippen LogP contribution < -0.4 is 0 Å². The molecule has 1 fully saturated rings. The maximum absolute atomic E-state index is 12.2. The van der Waals surface area contributed by atoms with Gasteiger partial charge in [-0.2, -0.15) is 0 Å². The van der Waals surface area contributed by atoms with Crippen molar-refractivity contribution in [2.45, 2.75) is 32.7 Å². The topological polar surface area (TPSA) is 91.8 Å². The van der Waals surface area contributed by atoms with Gasteiger partial charge in [-0.15, -0.1) is 0 Å². The summed E-state index contributed by atoms with van der Waals surface area (Å²) < 4.78 is 22.7. The molecule has 0 bridgehead atoms. The molecule has 18 heavy (non-hydrogen) atoms. The van der Waals surface area contributed by atoms with Gasteiger partial charge in [-0.1, -0.05) is 0 Å². The molecule has 6 nitrogen and oxygen atoms in total. The third-order valence-corrected chi connectivity index (χ3v) is 4.82. The summed E-state index contributed by atoms with van der Waals surface area (Å²) in [5, 5.41) is 8.64. The Kier molecular flexibility index (Phi) is 4.72. The molecule has 1 saturated heterocycles. The van der Waals surface area contributed by atoms with Gasteiger partial charge in [0.15, 0.2) is 9.84 Å². The Bertz CT molecular complexity index is 429. The number of nitrogens with zero attached hydrogens (tertiary/aromatic N) is 1. The second-order valence-electron chi connectivity index (χ2n) is 4.87. The lowest BCUT2D eigenvalue weighted by Crippen LogP contribution is -2.42. The highest BCUT2D eigenvalue weighted by atomic mass is 32.2. The number of sulfone groups is 1. The second kappa shape index (κ2) is 5.69. The minimum atomic E-state index is -3.09. The molecule has 1 aliphatic rings. The summed E-state index contributed by atoms with van der Waals surface area (Å²) in [7, 11) is -3.09. The normalized spacial score (nSPS) is 22.1. The van der Waals surface area contributed by atoms with Crippen LogP contribution in [-0.2, 0) is 19.4 Å². The standard InChI is InChI=1S/C11H19NO5S/c1-8(2)12(5-3-10(13)14)11(15)9-4-6-18(16,17)7-9/h8-9H,3-7H2,1-2H3,(H,13,14). The summed E-state index contributed by atoms with van der Waals surface area (Å²) in [6.45, 7) is 3.72. The van der Waals surface area contributed by atoms with E-state index in [2.05, 4.69) is 0 Å². The van der Waals surface area contributed by atoms with Crippen molar-refractivity contribution in [2.24, 2.45) is 5.92 Å². The molecular formula is C11H19NO5S. The van der Waals surface area contributed by atoms with E-state index in [9.17, 15) is 18.0 Å². The summed E-state index contributed by atoms with van der Waals surface area (Å²) in [6, 6.07) is -0.125. The molecule has 0 radical (unpaired) electrons. The highest BCUT2D eigenvalue weighted by Gasteiger charge is 2.36. The quantitative estimate of drug-likeness (QED) is 0.771. The zero-order valence-corrected chi connectivity index (χ0v) is 11.4. The molecule has 1 atom stereocenters. The molecular weight excluding hydrogens is 258 g/mol. The van der Waals surface area contributed by atoms with Gasteiger partial charge in [0.25, 0.3) is 0 Å². The van der Waals surface area contributed by atoms with Crippen LogP contribution in [-0.4, -0.2) is 54.4 Å². The average molecular weight is 277 g/mol. The van der Waals surface area contributed by atoms with Crippen LogP contribution >= 0.6 is 0 Å². The van der Waals surface area contributed by atoms with E-state index in [1.807, 2.05) is 0 Å².